The third kappa shape index (κ3) is 3.77. The van der Waals surface area contributed by atoms with Crippen LogP contribution >= 0.6 is 15.9 Å². The Morgan fingerprint density at radius 1 is 1.39 bits per heavy atom. The van der Waals surface area contributed by atoms with E-state index in [1.54, 1.807) is 6.07 Å². The Kier molecular flexibility index (Phi) is 6.82. The van der Waals surface area contributed by atoms with Crippen molar-refractivity contribution < 1.29 is 9.13 Å². The summed E-state index contributed by atoms with van der Waals surface area (Å²) in [4.78, 5) is 0. The number of hydrogen-bond donors (Lipinski definition) is 1. The van der Waals surface area contributed by atoms with Crippen molar-refractivity contribution in [1.29, 1.82) is 0 Å². The summed E-state index contributed by atoms with van der Waals surface area (Å²) in [5.41, 5.74) is 0.652. The van der Waals surface area contributed by atoms with Crippen molar-refractivity contribution in [3.63, 3.8) is 0 Å². The minimum Gasteiger partial charge on any atom is -0.377 e. The van der Waals surface area contributed by atoms with Crippen molar-refractivity contribution in [2.45, 2.75) is 38.8 Å². The lowest BCUT2D eigenvalue weighted by molar-refractivity contribution is 0.0286. The molecule has 2 unspecified atom stereocenters. The molecule has 0 amide bonds. The Morgan fingerprint density at radius 3 is 2.67 bits per heavy atom. The molecule has 2 nitrogen and oxygen atoms in total. The third-order valence-corrected chi connectivity index (χ3v) is 3.57. The molecular weight excluding hydrogens is 297 g/mol. The summed E-state index contributed by atoms with van der Waals surface area (Å²) in [6, 6.07) is 5.24. The molecule has 0 heterocycles. The van der Waals surface area contributed by atoms with E-state index < -0.39 is 0 Å². The Labute approximate surface area is 117 Å². The summed E-state index contributed by atoms with van der Waals surface area (Å²) in [6.07, 6.45) is 1.91. The molecule has 0 bridgehead atoms. The van der Waals surface area contributed by atoms with Gasteiger partial charge in [0.2, 0.25) is 0 Å². The van der Waals surface area contributed by atoms with Crippen LogP contribution in [0.1, 0.15) is 38.3 Å². The smallest absolute Gasteiger partial charge is 0.142 e. The monoisotopic (exact) mass is 317 g/mol. The number of likely N-dealkylation sites (N-methyl/N-ethyl adjacent to an activating group) is 1. The molecule has 1 aromatic rings. The van der Waals surface area contributed by atoms with Crippen LogP contribution in [-0.4, -0.2) is 19.8 Å². The maximum absolute atomic E-state index is 14.1. The second-order valence-electron chi connectivity index (χ2n) is 4.19. The number of hydrogen-bond acceptors (Lipinski definition) is 2. The van der Waals surface area contributed by atoms with Gasteiger partial charge in [-0.05, 0) is 42.4 Å². The highest BCUT2D eigenvalue weighted by atomic mass is 79.9. The van der Waals surface area contributed by atoms with Crippen LogP contribution in [0.5, 0.6) is 0 Å². The van der Waals surface area contributed by atoms with E-state index in [-0.39, 0.29) is 18.0 Å². The van der Waals surface area contributed by atoms with E-state index in [0.29, 0.717) is 16.6 Å². The normalized spacial score (nSPS) is 14.5. The summed E-state index contributed by atoms with van der Waals surface area (Å²) in [5, 5.41) is 3.17. The molecule has 102 valence electrons. The molecular formula is C14H21BrFNO. The second-order valence-corrected chi connectivity index (χ2v) is 5.05. The van der Waals surface area contributed by atoms with Gasteiger partial charge in [0.1, 0.15) is 5.82 Å². The van der Waals surface area contributed by atoms with E-state index in [1.807, 2.05) is 26.1 Å². The fraction of sp³-hybridized carbons (Fsp3) is 0.571. The molecule has 0 saturated heterocycles. The first-order valence-electron chi connectivity index (χ1n) is 6.38. The molecule has 1 rings (SSSR count). The van der Waals surface area contributed by atoms with Gasteiger partial charge in [-0.25, -0.2) is 4.39 Å². The summed E-state index contributed by atoms with van der Waals surface area (Å²) in [7, 11) is 1.84. The largest absolute Gasteiger partial charge is 0.377 e. The van der Waals surface area contributed by atoms with Crippen LogP contribution in [0.4, 0.5) is 4.39 Å². The highest BCUT2D eigenvalue weighted by Gasteiger charge is 2.24. The maximum atomic E-state index is 14.1. The molecule has 2 atom stereocenters. The molecule has 0 aliphatic carbocycles. The zero-order chi connectivity index (χ0) is 13.5. The molecule has 1 N–H and O–H groups in total. The molecule has 4 heteroatoms. The lowest BCUT2D eigenvalue weighted by Crippen LogP contribution is -2.32. The Hall–Kier alpha value is -0.450. The van der Waals surface area contributed by atoms with Gasteiger partial charge in [0.25, 0.3) is 0 Å². The van der Waals surface area contributed by atoms with Crippen molar-refractivity contribution >= 4 is 15.9 Å². The van der Waals surface area contributed by atoms with E-state index >= 15 is 0 Å². The van der Waals surface area contributed by atoms with Crippen LogP contribution in [0.25, 0.3) is 0 Å². The fourth-order valence-corrected chi connectivity index (χ4v) is 2.53. The predicted molar refractivity (Wildman–Crippen MR) is 76.2 cm³/mol. The van der Waals surface area contributed by atoms with E-state index in [2.05, 4.69) is 28.2 Å². The van der Waals surface area contributed by atoms with Crippen molar-refractivity contribution in [3.05, 3.63) is 34.1 Å². The van der Waals surface area contributed by atoms with E-state index in [1.165, 1.54) is 0 Å². The summed E-state index contributed by atoms with van der Waals surface area (Å²) in [6.45, 7) is 4.71. The standard InChI is InChI=1S/C14H21BrFNO/c1-4-7-12(18-5-2)14(17-3)10-8-6-9-11(15)13(10)16/h6,8-9,12,14,17H,4-5,7H2,1-3H3. The SMILES string of the molecule is CCCC(OCC)C(NC)c1cccc(Br)c1F. The highest BCUT2D eigenvalue weighted by molar-refractivity contribution is 9.10. The Bertz CT molecular complexity index is 367. The number of rotatable bonds is 7. The average Bonchev–Trinajstić information content (AvgIpc) is 2.36. The van der Waals surface area contributed by atoms with E-state index in [9.17, 15) is 4.39 Å². The molecule has 0 aliphatic rings. The van der Waals surface area contributed by atoms with Crippen LogP contribution < -0.4 is 5.32 Å². The average molecular weight is 318 g/mol. The first-order valence-corrected chi connectivity index (χ1v) is 7.17. The van der Waals surface area contributed by atoms with Gasteiger partial charge in [-0.2, -0.15) is 0 Å². The Morgan fingerprint density at radius 2 is 2.11 bits per heavy atom. The fourth-order valence-electron chi connectivity index (χ4n) is 2.15. The van der Waals surface area contributed by atoms with Gasteiger partial charge in [0.05, 0.1) is 16.6 Å². The summed E-state index contributed by atoms with van der Waals surface area (Å²) >= 11 is 3.23. The van der Waals surface area contributed by atoms with Gasteiger partial charge in [0, 0.05) is 12.2 Å². The van der Waals surface area contributed by atoms with Crippen LogP contribution in [0.2, 0.25) is 0 Å². The molecule has 0 aromatic heterocycles. The highest BCUT2D eigenvalue weighted by Crippen LogP contribution is 2.28. The lowest BCUT2D eigenvalue weighted by Gasteiger charge is -2.27. The van der Waals surface area contributed by atoms with Crippen LogP contribution in [0, 0.1) is 5.82 Å². The van der Waals surface area contributed by atoms with E-state index in [0.717, 1.165) is 12.8 Å². The van der Waals surface area contributed by atoms with Crippen LogP contribution in [-0.2, 0) is 4.74 Å². The van der Waals surface area contributed by atoms with Crippen LogP contribution in [0.3, 0.4) is 0 Å². The molecule has 0 spiro atoms. The molecule has 0 radical (unpaired) electrons. The zero-order valence-electron chi connectivity index (χ0n) is 11.2. The lowest BCUT2D eigenvalue weighted by atomic mass is 9.97. The first-order chi connectivity index (χ1) is 8.65. The second kappa shape index (κ2) is 7.87. The molecule has 1 aromatic carbocycles. The van der Waals surface area contributed by atoms with Gasteiger partial charge in [-0.1, -0.05) is 25.5 Å². The molecule has 0 aliphatic heterocycles. The minimum atomic E-state index is -0.211. The van der Waals surface area contributed by atoms with Crippen molar-refractivity contribution in [1.82, 2.24) is 5.32 Å². The van der Waals surface area contributed by atoms with Crippen LogP contribution in [0.15, 0.2) is 22.7 Å². The number of halogens is 2. The quantitative estimate of drug-likeness (QED) is 0.819. The maximum Gasteiger partial charge on any atom is 0.142 e. The van der Waals surface area contributed by atoms with Crippen molar-refractivity contribution in [3.8, 4) is 0 Å². The van der Waals surface area contributed by atoms with Gasteiger partial charge >= 0.3 is 0 Å². The summed E-state index contributed by atoms with van der Waals surface area (Å²) < 4.78 is 20.4. The van der Waals surface area contributed by atoms with Crippen molar-refractivity contribution in [2.75, 3.05) is 13.7 Å². The van der Waals surface area contributed by atoms with Gasteiger partial charge in [-0.15, -0.1) is 0 Å². The zero-order valence-corrected chi connectivity index (χ0v) is 12.8. The predicted octanol–water partition coefficient (Wildman–Crippen LogP) is 4.05. The molecule has 0 saturated carbocycles. The summed E-state index contributed by atoms with van der Waals surface area (Å²) in [5.74, 6) is -0.211. The molecule has 18 heavy (non-hydrogen) atoms. The van der Waals surface area contributed by atoms with Gasteiger partial charge < -0.3 is 10.1 Å². The number of nitrogens with one attached hydrogen (secondary N) is 1. The van der Waals surface area contributed by atoms with Gasteiger partial charge in [-0.3, -0.25) is 0 Å². The van der Waals surface area contributed by atoms with Gasteiger partial charge in [0.15, 0.2) is 0 Å². The Balaban J connectivity index is 3.02. The first kappa shape index (κ1) is 15.6. The third-order valence-electron chi connectivity index (χ3n) is 2.95. The molecule has 0 fully saturated rings. The van der Waals surface area contributed by atoms with Crippen molar-refractivity contribution in [2.24, 2.45) is 0 Å². The number of ether oxygens (including phenoxy) is 1. The minimum absolute atomic E-state index is 0.00574. The topological polar surface area (TPSA) is 21.3 Å². The van der Waals surface area contributed by atoms with E-state index in [4.69, 9.17) is 4.74 Å². The number of benzene rings is 1.